The van der Waals surface area contributed by atoms with Crippen molar-refractivity contribution < 1.29 is 4.79 Å². The van der Waals surface area contributed by atoms with Gasteiger partial charge in [0.15, 0.2) is 5.65 Å². The first-order valence-corrected chi connectivity index (χ1v) is 8.78. The standard InChI is InChI=1S/C21H19N5O/c1-14(2)26-20-18(13-23-26)17(21(27)24-16-8-10-22-11-9-16)12-19(25-20)15-6-4-3-5-7-15/h3-14H,1-2H3,(H,22,24,27). The zero-order valence-electron chi connectivity index (χ0n) is 15.1. The van der Waals surface area contributed by atoms with Gasteiger partial charge in [0.05, 0.1) is 22.8 Å². The fourth-order valence-electron chi connectivity index (χ4n) is 2.97. The fourth-order valence-corrected chi connectivity index (χ4v) is 2.97. The Morgan fingerprint density at radius 1 is 1.07 bits per heavy atom. The normalized spacial score (nSPS) is 11.1. The van der Waals surface area contributed by atoms with Gasteiger partial charge in [0.1, 0.15) is 0 Å². The van der Waals surface area contributed by atoms with Crippen molar-refractivity contribution in [2.45, 2.75) is 19.9 Å². The van der Waals surface area contributed by atoms with Crippen molar-refractivity contribution >= 4 is 22.6 Å². The molecule has 4 aromatic rings. The number of fused-ring (bicyclic) bond motifs is 1. The first kappa shape index (κ1) is 16.9. The van der Waals surface area contributed by atoms with E-state index in [1.165, 1.54) is 0 Å². The molecule has 1 aromatic carbocycles. The quantitative estimate of drug-likeness (QED) is 0.590. The lowest BCUT2D eigenvalue weighted by Crippen LogP contribution is -2.13. The van der Waals surface area contributed by atoms with Gasteiger partial charge in [-0.15, -0.1) is 0 Å². The van der Waals surface area contributed by atoms with Gasteiger partial charge >= 0.3 is 0 Å². The molecule has 0 saturated heterocycles. The number of hydrogen-bond donors (Lipinski definition) is 1. The minimum atomic E-state index is -0.200. The van der Waals surface area contributed by atoms with Crippen LogP contribution in [0.25, 0.3) is 22.3 Å². The van der Waals surface area contributed by atoms with Crippen LogP contribution < -0.4 is 5.32 Å². The van der Waals surface area contributed by atoms with E-state index >= 15 is 0 Å². The second-order valence-corrected chi connectivity index (χ2v) is 6.53. The van der Waals surface area contributed by atoms with E-state index in [4.69, 9.17) is 4.98 Å². The maximum absolute atomic E-state index is 13.0. The van der Waals surface area contributed by atoms with E-state index in [1.54, 1.807) is 30.7 Å². The number of carbonyl (C=O) groups excluding carboxylic acids is 1. The van der Waals surface area contributed by atoms with Crippen molar-refractivity contribution in [2.24, 2.45) is 0 Å². The highest BCUT2D eigenvalue weighted by Crippen LogP contribution is 2.27. The first-order valence-electron chi connectivity index (χ1n) is 8.78. The van der Waals surface area contributed by atoms with Gasteiger partial charge in [-0.1, -0.05) is 30.3 Å². The molecule has 3 heterocycles. The number of rotatable bonds is 4. The Balaban J connectivity index is 1.86. The number of carbonyl (C=O) groups is 1. The van der Waals surface area contributed by atoms with Crippen LogP contribution in [0.5, 0.6) is 0 Å². The molecule has 0 fully saturated rings. The van der Waals surface area contributed by atoms with E-state index in [9.17, 15) is 4.79 Å². The van der Waals surface area contributed by atoms with Crippen LogP contribution in [0.2, 0.25) is 0 Å². The molecule has 0 aliphatic carbocycles. The fraction of sp³-hybridized carbons (Fsp3) is 0.143. The van der Waals surface area contributed by atoms with E-state index in [1.807, 2.05) is 54.9 Å². The number of hydrogen-bond acceptors (Lipinski definition) is 4. The van der Waals surface area contributed by atoms with Crippen molar-refractivity contribution in [3.05, 3.63) is 72.7 Å². The van der Waals surface area contributed by atoms with Crippen LogP contribution in [-0.4, -0.2) is 25.7 Å². The number of amides is 1. The van der Waals surface area contributed by atoms with Crippen molar-refractivity contribution in [1.29, 1.82) is 0 Å². The van der Waals surface area contributed by atoms with Crippen LogP contribution in [0.4, 0.5) is 5.69 Å². The van der Waals surface area contributed by atoms with Gasteiger partial charge in [-0.05, 0) is 32.0 Å². The third kappa shape index (κ3) is 3.29. The van der Waals surface area contributed by atoms with Gasteiger partial charge in [-0.2, -0.15) is 5.10 Å². The summed E-state index contributed by atoms with van der Waals surface area (Å²) in [4.78, 5) is 21.8. The van der Waals surface area contributed by atoms with Crippen LogP contribution in [0.3, 0.4) is 0 Å². The molecule has 27 heavy (non-hydrogen) atoms. The molecule has 0 aliphatic heterocycles. The highest BCUT2D eigenvalue weighted by atomic mass is 16.1. The van der Waals surface area contributed by atoms with E-state index in [2.05, 4.69) is 15.4 Å². The lowest BCUT2D eigenvalue weighted by molar-refractivity contribution is 0.102. The van der Waals surface area contributed by atoms with Gasteiger partial charge in [0.2, 0.25) is 0 Å². The van der Waals surface area contributed by atoms with Gasteiger partial charge in [-0.3, -0.25) is 9.78 Å². The molecule has 0 spiro atoms. The molecule has 6 nitrogen and oxygen atoms in total. The summed E-state index contributed by atoms with van der Waals surface area (Å²) in [5.41, 5.74) is 3.63. The number of nitrogens with zero attached hydrogens (tertiary/aromatic N) is 4. The predicted molar refractivity (Wildman–Crippen MR) is 106 cm³/mol. The van der Waals surface area contributed by atoms with Crippen LogP contribution in [0, 0.1) is 0 Å². The Morgan fingerprint density at radius 3 is 2.52 bits per heavy atom. The van der Waals surface area contributed by atoms with E-state index in [-0.39, 0.29) is 11.9 Å². The number of aromatic nitrogens is 4. The molecule has 1 N–H and O–H groups in total. The van der Waals surface area contributed by atoms with Crippen molar-refractivity contribution in [2.75, 3.05) is 5.32 Å². The molecule has 0 unspecified atom stereocenters. The SMILES string of the molecule is CC(C)n1ncc2c(C(=O)Nc3ccncc3)cc(-c3ccccc3)nc21. The third-order valence-corrected chi connectivity index (χ3v) is 4.31. The summed E-state index contributed by atoms with van der Waals surface area (Å²) in [6, 6.07) is 15.3. The highest BCUT2D eigenvalue weighted by molar-refractivity contribution is 6.12. The highest BCUT2D eigenvalue weighted by Gasteiger charge is 2.18. The first-order chi connectivity index (χ1) is 13.1. The summed E-state index contributed by atoms with van der Waals surface area (Å²) in [6.07, 6.45) is 4.99. The Labute approximate surface area is 156 Å². The Morgan fingerprint density at radius 2 is 1.81 bits per heavy atom. The third-order valence-electron chi connectivity index (χ3n) is 4.31. The second kappa shape index (κ2) is 6.99. The van der Waals surface area contributed by atoms with Crippen molar-refractivity contribution in [1.82, 2.24) is 19.7 Å². The second-order valence-electron chi connectivity index (χ2n) is 6.53. The summed E-state index contributed by atoms with van der Waals surface area (Å²) in [6.45, 7) is 4.08. The average molecular weight is 357 g/mol. The topological polar surface area (TPSA) is 72.7 Å². The number of benzene rings is 1. The van der Waals surface area contributed by atoms with Gasteiger partial charge in [0, 0.05) is 29.7 Å². The van der Waals surface area contributed by atoms with Gasteiger partial charge < -0.3 is 5.32 Å². The Kier molecular flexibility index (Phi) is 4.38. The zero-order valence-corrected chi connectivity index (χ0v) is 15.1. The Bertz CT molecular complexity index is 1090. The van der Waals surface area contributed by atoms with Gasteiger partial charge in [0.25, 0.3) is 5.91 Å². The summed E-state index contributed by atoms with van der Waals surface area (Å²) >= 11 is 0. The summed E-state index contributed by atoms with van der Waals surface area (Å²) in [5, 5.41) is 8.10. The van der Waals surface area contributed by atoms with Crippen LogP contribution in [0.15, 0.2) is 67.1 Å². The lowest BCUT2D eigenvalue weighted by atomic mass is 10.1. The molecule has 1 amide bonds. The van der Waals surface area contributed by atoms with Crippen LogP contribution in [-0.2, 0) is 0 Å². The van der Waals surface area contributed by atoms with E-state index in [0.29, 0.717) is 16.9 Å². The number of nitrogens with one attached hydrogen (secondary N) is 1. The largest absolute Gasteiger partial charge is 0.322 e. The minimum absolute atomic E-state index is 0.136. The molecule has 0 aliphatic rings. The maximum atomic E-state index is 13.0. The number of pyridine rings is 2. The predicted octanol–water partition coefficient (Wildman–Crippen LogP) is 4.33. The molecule has 0 atom stereocenters. The molecule has 0 bridgehead atoms. The summed E-state index contributed by atoms with van der Waals surface area (Å²) in [5.74, 6) is -0.200. The van der Waals surface area contributed by atoms with E-state index in [0.717, 1.165) is 16.6 Å². The summed E-state index contributed by atoms with van der Waals surface area (Å²) < 4.78 is 1.84. The Hall–Kier alpha value is -3.54. The molecular formula is C21H19N5O. The molecule has 0 saturated carbocycles. The molecular weight excluding hydrogens is 338 g/mol. The number of anilines is 1. The average Bonchev–Trinajstić information content (AvgIpc) is 3.13. The molecule has 3 aromatic heterocycles. The van der Waals surface area contributed by atoms with Crippen LogP contribution >= 0.6 is 0 Å². The van der Waals surface area contributed by atoms with Crippen molar-refractivity contribution in [3.63, 3.8) is 0 Å². The smallest absolute Gasteiger partial charge is 0.256 e. The molecule has 134 valence electrons. The van der Waals surface area contributed by atoms with Crippen LogP contribution in [0.1, 0.15) is 30.2 Å². The maximum Gasteiger partial charge on any atom is 0.256 e. The van der Waals surface area contributed by atoms with E-state index < -0.39 is 0 Å². The summed E-state index contributed by atoms with van der Waals surface area (Å²) in [7, 11) is 0. The molecule has 0 radical (unpaired) electrons. The van der Waals surface area contributed by atoms with Crippen molar-refractivity contribution in [3.8, 4) is 11.3 Å². The molecule has 6 heteroatoms. The minimum Gasteiger partial charge on any atom is -0.322 e. The molecule has 4 rings (SSSR count). The zero-order chi connectivity index (χ0) is 18.8. The lowest BCUT2D eigenvalue weighted by Gasteiger charge is -2.11. The van der Waals surface area contributed by atoms with Gasteiger partial charge in [-0.25, -0.2) is 9.67 Å². The monoisotopic (exact) mass is 357 g/mol.